The van der Waals surface area contributed by atoms with Crippen molar-refractivity contribution in [3.8, 4) is 20.9 Å². The zero-order valence-corrected chi connectivity index (χ0v) is 22.6. The van der Waals surface area contributed by atoms with E-state index in [0.717, 1.165) is 30.3 Å². The van der Waals surface area contributed by atoms with Crippen LogP contribution < -0.4 is 5.32 Å². The van der Waals surface area contributed by atoms with Crippen LogP contribution in [0.2, 0.25) is 0 Å². The molecule has 39 heavy (non-hydrogen) atoms. The van der Waals surface area contributed by atoms with Gasteiger partial charge in [0.2, 0.25) is 0 Å². The van der Waals surface area contributed by atoms with Crippen LogP contribution in [0.1, 0.15) is 37.1 Å². The fraction of sp³-hybridized carbons (Fsp3) is 0.214. The summed E-state index contributed by atoms with van der Waals surface area (Å²) in [5, 5.41) is 16.6. The summed E-state index contributed by atoms with van der Waals surface area (Å²) in [5.41, 5.74) is 1.08. The van der Waals surface area contributed by atoms with Crippen LogP contribution >= 0.6 is 22.7 Å². The van der Waals surface area contributed by atoms with Gasteiger partial charge in [-0.3, -0.25) is 19.8 Å². The molecule has 0 aliphatic heterocycles. The van der Waals surface area contributed by atoms with Gasteiger partial charge in [-0.2, -0.15) is 5.10 Å². The summed E-state index contributed by atoms with van der Waals surface area (Å²) in [6.07, 6.45) is 3.05. The van der Waals surface area contributed by atoms with Crippen molar-refractivity contribution in [2.75, 3.05) is 5.32 Å². The SMILES string of the molecule is CC(OC(=O)Nc1c(-c2cc3sc(-c4cnc(C5(C(=O)O)CC5)c(F)c4)cc3s2)cnn1C)c1ccccc1. The van der Waals surface area contributed by atoms with Crippen molar-refractivity contribution in [2.24, 2.45) is 7.05 Å². The van der Waals surface area contributed by atoms with Gasteiger partial charge in [0, 0.05) is 38.0 Å². The van der Waals surface area contributed by atoms with E-state index in [0.29, 0.717) is 24.2 Å². The van der Waals surface area contributed by atoms with Crippen molar-refractivity contribution in [1.29, 1.82) is 0 Å². The molecule has 4 aromatic heterocycles. The molecule has 0 spiro atoms. The number of aromatic nitrogens is 3. The maximum Gasteiger partial charge on any atom is 0.413 e. The van der Waals surface area contributed by atoms with Gasteiger partial charge in [-0.25, -0.2) is 9.18 Å². The molecule has 1 aromatic carbocycles. The Morgan fingerprint density at radius 1 is 1.10 bits per heavy atom. The number of anilines is 1. The highest BCUT2D eigenvalue weighted by atomic mass is 32.1. The van der Waals surface area contributed by atoms with Crippen LogP contribution in [-0.2, 0) is 22.0 Å². The number of amides is 1. The third-order valence-corrected chi connectivity index (χ3v) is 9.30. The number of nitrogens with zero attached hydrogens (tertiary/aromatic N) is 3. The smallest absolute Gasteiger partial charge is 0.413 e. The van der Waals surface area contributed by atoms with E-state index in [1.165, 1.54) is 28.7 Å². The maximum atomic E-state index is 14.9. The Labute approximate surface area is 230 Å². The lowest BCUT2D eigenvalue weighted by Crippen LogP contribution is -2.22. The van der Waals surface area contributed by atoms with Crippen LogP contribution in [0.4, 0.5) is 15.0 Å². The van der Waals surface area contributed by atoms with E-state index in [1.807, 2.05) is 49.4 Å². The molecule has 1 fully saturated rings. The van der Waals surface area contributed by atoms with Crippen LogP contribution in [0, 0.1) is 5.82 Å². The van der Waals surface area contributed by atoms with Crippen molar-refractivity contribution >= 4 is 50.0 Å². The molecule has 1 saturated carbocycles. The summed E-state index contributed by atoms with van der Waals surface area (Å²) in [6, 6.07) is 14.8. The Balaban J connectivity index is 1.22. The quantitative estimate of drug-likeness (QED) is 0.221. The minimum absolute atomic E-state index is 0.00713. The van der Waals surface area contributed by atoms with Crippen LogP contribution in [0.25, 0.3) is 30.3 Å². The Bertz CT molecular complexity index is 1690. The minimum atomic E-state index is -1.19. The van der Waals surface area contributed by atoms with Crippen LogP contribution in [0.3, 0.4) is 0 Å². The number of benzene rings is 1. The first-order chi connectivity index (χ1) is 18.7. The molecule has 1 aliphatic carbocycles. The molecule has 198 valence electrons. The second kappa shape index (κ2) is 9.58. The molecule has 1 aliphatic rings. The van der Waals surface area contributed by atoms with Crippen molar-refractivity contribution < 1.29 is 23.8 Å². The maximum absolute atomic E-state index is 14.9. The molecule has 0 radical (unpaired) electrons. The van der Waals surface area contributed by atoms with Gasteiger partial charge >= 0.3 is 12.1 Å². The topological polar surface area (TPSA) is 106 Å². The van der Waals surface area contributed by atoms with E-state index < -0.39 is 29.4 Å². The fourth-order valence-corrected chi connectivity index (χ4v) is 6.95. The zero-order valence-electron chi connectivity index (χ0n) is 21.0. The number of aryl methyl sites for hydroxylation is 1. The van der Waals surface area contributed by atoms with Gasteiger partial charge < -0.3 is 9.84 Å². The second-order valence-corrected chi connectivity index (χ2v) is 11.7. The Kier molecular flexibility index (Phi) is 6.19. The highest BCUT2D eigenvalue weighted by Gasteiger charge is 2.54. The molecular formula is C28H23FN4O4S2. The molecule has 11 heteroatoms. The molecule has 0 bridgehead atoms. The predicted octanol–water partition coefficient (Wildman–Crippen LogP) is 6.99. The number of fused-ring (bicyclic) bond motifs is 1. The zero-order chi connectivity index (χ0) is 27.3. The standard InChI is InChI=1S/C28H23FN4O4S2/c1-15(16-6-4-3-5-7-16)37-27(36)32-25-18(14-31-33(25)2)21-12-23-22(39-21)11-20(38-23)17-10-19(29)24(30-13-17)28(8-9-28)26(34)35/h3-7,10-15H,8-9H2,1-2H3,(H,32,36)(H,34,35). The first-order valence-electron chi connectivity index (χ1n) is 12.2. The molecule has 6 rings (SSSR count). The number of hydrogen-bond acceptors (Lipinski definition) is 7. The Morgan fingerprint density at radius 2 is 1.79 bits per heavy atom. The monoisotopic (exact) mass is 562 g/mol. The fourth-order valence-electron chi connectivity index (χ4n) is 4.56. The molecule has 1 unspecified atom stereocenters. The molecule has 2 N–H and O–H groups in total. The van der Waals surface area contributed by atoms with Gasteiger partial charge in [0.1, 0.15) is 23.2 Å². The number of thiophene rings is 2. The van der Waals surface area contributed by atoms with E-state index >= 15 is 0 Å². The normalized spacial score (nSPS) is 14.7. The molecular weight excluding hydrogens is 539 g/mol. The molecule has 4 heterocycles. The number of ether oxygens (including phenoxy) is 1. The molecule has 1 amide bonds. The van der Waals surface area contributed by atoms with Crippen molar-refractivity contribution in [2.45, 2.75) is 31.3 Å². The number of carbonyl (C=O) groups excluding carboxylic acids is 1. The summed E-state index contributed by atoms with van der Waals surface area (Å²) in [7, 11) is 1.75. The van der Waals surface area contributed by atoms with Gasteiger partial charge in [-0.1, -0.05) is 30.3 Å². The van der Waals surface area contributed by atoms with Crippen molar-refractivity contribution in [3.63, 3.8) is 0 Å². The van der Waals surface area contributed by atoms with Crippen molar-refractivity contribution in [3.05, 3.63) is 78.0 Å². The molecule has 1 atom stereocenters. The highest BCUT2D eigenvalue weighted by Crippen LogP contribution is 2.49. The molecule has 0 saturated heterocycles. The number of carboxylic acid groups (broad SMARTS) is 1. The minimum Gasteiger partial charge on any atom is -0.481 e. The largest absolute Gasteiger partial charge is 0.481 e. The first-order valence-corrected chi connectivity index (χ1v) is 13.9. The summed E-state index contributed by atoms with van der Waals surface area (Å²) in [5.74, 6) is -1.11. The highest BCUT2D eigenvalue weighted by molar-refractivity contribution is 7.31. The number of halogens is 1. The van der Waals surface area contributed by atoms with Gasteiger partial charge in [0.25, 0.3) is 0 Å². The number of rotatable bonds is 7. The molecule has 5 aromatic rings. The number of carboxylic acids is 1. The lowest BCUT2D eigenvalue weighted by molar-refractivity contribution is -0.140. The summed E-state index contributed by atoms with van der Waals surface area (Å²) in [6.45, 7) is 1.81. The number of carbonyl (C=O) groups is 2. The number of nitrogens with one attached hydrogen (secondary N) is 1. The lowest BCUT2D eigenvalue weighted by Gasteiger charge is -2.14. The second-order valence-electron chi connectivity index (χ2n) is 9.51. The van der Waals surface area contributed by atoms with Crippen molar-refractivity contribution in [1.82, 2.24) is 14.8 Å². The van der Waals surface area contributed by atoms with E-state index in [2.05, 4.69) is 15.4 Å². The number of hydrogen-bond donors (Lipinski definition) is 2. The molecule has 8 nitrogen and oxygen atoms in total. The van der Waals surface area contributed by atoms with Crippen LogP contribution in [0.15, 0.2) is 60.9 Å². The van der Waals surface area contributed by atoms with E-state index in [1.54, 1.807) is 24.1 Å². The predicted molar refractivity (Wildman–Crippen MR) is 149 cm³/mol. The van der Waals surface area contributed by atoms with E-state index in [-0.39, 0.29) is 5.69 Å². The summed E-state index contributed by atoms with van der Waals surface area (Å²) >= 11 is 3.02. The average Bonchev–Trinajstić information content (AvgIpc) is 3.31. The van der Waals surface area contributed by atoms with Gasteiger partial charge in [0.05, 0.1) is 17.5 Å². The third-order valence-electron chi connectivity index (χ3n) is 6.92. The Hall–Kier alpha value is -4.09. The van der Waals surface area contributed by atoms with E-state index in [9.17, 15) is 19.1 Å². The summed E-state index contributed by atoms with van der Waals surface area (Å²) in [4.78, 5) is 30.2. The lowest BCUT2D eigenvalue weighted by atomic mass is 10.0. The van der Waals surface area contributed by atoms with Gasteiger partial charge in [0.15, 0.2) is 0 Å². The number of pyridine rings is 1. The van der Waals surface area contributed by atoms with E-state index in [4.69, 9.17) is 4.74 Å². The van der Waals surface area contributed by atoms with Gasteiger partial charge in [-0.15, -0.1) is 22.7 Å². The van der Waals surface area contributed by atoms with Gasteiger partial charge in [-0.05, 0) is 43.5 Å². The summed E-state index contributed by atoms with van der Waals surface area (Å²) < 4.78 is 24.0. The first kappa shape index (κ1) is 25.2. The number of aliphatic carboxylic acids is 1. The average molecular weight is 563 g/mol. The van der Waals surface area contributed by atoms with Crippen LogP contribution in [-0.4, -0.2) is 31.9 Å². The Morgan fingerprint density at radius 3 is 2.46 bits per heavy atom. The van der Waals surface area contributed by atoms with Crippen LogP contribution in [0.5, 0.6) is 0 Å². The third kappa shape index (κ3) is 4.57.